The van der Waals surface area contributed by atoms with Crippen LogP contribution in [0.5, 0.6) is 0 Å². The summed E-state index contributed by atoms with van der Waals surface area (Å²) in [5.41, 5.74) is 3.89. The van der Waals surface area contributed by atoms with Crippen molar-refractivity contribution in [3.63, 3.8) is 0 Å². The van der Waals surface area contributed by atoms with E-state index in [1.165, 1.54) is 35.7 Å². The maximum Gasteiger partial charge on any atom is 0.109 e. The summed E-state index contributed by atoms with van der Waals surface area (Å²) in [7, 11) is 0. The molecule has 4 heteroatoms. The van der Waals surface area contributed by atoms with Crippen molar-refractivity contribution in [2.24, 2.45) is 11.8 Å². The minimum Gasteiger partial charge on any atom is -0.328 e. The van der Waals surface area contributed by atoms with E-state index in [9.17, 15) is 0 Å². The molecule has 1 aromatic carbocycles. The van der Waals surface area contributed by atoms with Crippen LogP contribution in [-0.4, -0.2) is 32.5 Å². The molecule has 3 aromatic rings. The molecule has 0 amide bonds. The average Bonchev–Trinajstić information content (AvgIpc) is 3.24. The van der Waals surface area contributed by atoms with Crippen molar-refractivity contribution in [1.29, 1.82) is 0 Å². The zero-order chi connectivity index (χ0) is 16.6. The summed E-state index contributed by atoms with van der Waals surface area (Å²) in [6.07, 6.45) is 6.94. The van der Waals surface area contributed by atoms with E-state index < -0.39 is 0 Å². The molecule has 2 aliphatic rings. The number of hydrogen-bond donors (Lipinski definition) is 0. The van der Waals surface area contributed by atoms with Crippen molar-refractivity contribution in [2.45, 2.75) is 19.5 Å². The Balaban J connectivity index is 1.35. The van der Waals surface area contributed by atoms with Crippen molar-refractivity contribution < 1.29 is 0 Å². The van der Waals surface area contributed by atoms with Gasteiger partial charge >= 0.3 is 0 Å². The molecule has 1 fully saturated rings. The smallest absolute Gasteiger partial charge is 0.109 e. The lowest BCUT2D eigenvalue weighted by atomic mass is 9.89. The first-order valence-corrected chi connectivity index (χ1v) is 9.08. The lowest BCUT2D eigenvalue weighted by molar-refractivity contribution is 0.307. The molecular weight excluding hydrogens is 308 g/mol. The van der Waals surface area contributed by atoms with Crippen LogP contribution in [0.4, 0.5) is 0 Å². The predicted molar refractivity (Wildman–Crippen MR) is 97.9 cm³/mol. The Morgan fingerprint density at radius 1 is 0.920 bits per heavy atom. The van der Waals surface area contributed by atoms with Crippen LogP contribution in [0.25, 0.3) is 11.3 Å². The van der Waals surface area contributed by atoms with Crippen LogP contribution in [-0.2, 0) is 19.5 Å². The minimum atomic E-state index is 0.728. The molecule has 0 unspecified atom stereocenters. The van der Waals surface area contributed by atoms with E-state index in [1.54, 1.807) is 0 Å². The Hall–Kier alpha value is -2.46. The zero-order valence-corrected chi connectivity index (χ0v) is 14.3. The SMILES string of the molecule is c1ccc(-c2cnc3n2C[C@H]2CN(Cc4ccncc4)C[C@H]2C3)cc1. The van der Waals surface area contributed by atoms with Gasteiger partial charge < -0.3 is 4.57 Å². The number of likely N-dealkylation sites (tertiary alicyclic amines) is 1. The predicted octanol–water partition coefficient (Wildman–Crippen LogP) is 3.25. The third-order valence-electron chi connectivity index (χ3n) is 5.68. The number of nitrogens with zero attached hydrogens (tertiary/aromatic N) is 4. The topological polar surface area (TPSA) is 34.0 Å². The number of hydrogen-bond acceptors (Lipinski definition) is 3. The van der Waals surface area contributed by atoms with Gasteiger partial charge in [-0.1, -0.05) is 30.3 Å². The quantitative estimate of drug-likeness (QED) is 0.739. The Morgan fingerprint density at radius 2 is 1.72 bits per heavy atom. The molecule has 0 N–H and O–H groups in total. The highest BCUT2D eigenvalue weighted by Crippen LogP contribution is 2.35. The van der Waals surface area contributed by atoms with Crippen LogP contribution in [0.2, 0.25) is 0 Å². The molecule has 2 aromatic heterocycles. The van der Waals surface area contributed by atoms with Crippen molar-refractivity contribution in [3.05, 3.63) is 72.4 Å². The summed E-state index contributed by atoms with van der Waals surface area (Å²) in [6, 6.07) is 14.9. The van der Waals surface area contributed by atoms with Gasteiger partial charge in [-0.25, -0.2) is 4.98 Å². The van der Waals surface area contributed by atoms with Crippen LogP contribution in [0.1, 0.15) is 11.4 Å². The number of fused-ring (bicyclic) bond motifs is 2. The van der Waals surface area contributed by atoms with E-state index in [1.807, 2.05) is 12.4 Å². The second kappa shape index (κ2) is 6.12. The summed E-state index contributed by atoms with van der Waals surface area (Å²) in [5.74, 6) is 2.72. The molecule has 0 spiro atoms. The summed E-state index contributed by atoms with van der Waals surface area (Å²) in [5, 5.41) is 0. The number of pyridine rings is 1. The molecule has 0 saturated carbocycles. The first-order valence-electron chi connectivity index (χ1n) is 9.08. The third kappa shape index (κ3) is 2.76. The molecule has 4 heterocycles. The van der Waals surface area contributed by atoms with Crippen molar-refractivity contribution >= 4 is 0 Å². The zero-order valence-electron chi connectivity index (χ0n) is 14.3. The molecule has 5 rings (SSSR count). The van der Waals surface area contributed by atoms with Gasteiger partial charge in [-0.3, -0.25) is 9.88 Å². The summed E-state index contributed by atoms with van der Waals surface area (Å²) in [6.45, 7) is 4.49. The summed E-state index contributed by atoms with van der Waals surface area (Å²) >= 11 is 0. The van der Waals surface area contributed by atoms with Crippen LogP contribution >= 0.6 is 0 Å². The van der Waals surface area contributed by atoms with Gasteiger partial charge in [0.1, 0.15) is 5.82 Å². The van der Waals surface area contributed by atoms with Gasteiger partial charge in [-0.05, 0) is 35.1 Å². The average molecular weight is 330 g/mol. The van der Waals surface area contributed by atoms with Gasteiger partial charge in [0.25, 0.3) is 0 Å². The van der Waals surface area contributed by atoms with Crippen LogP contribution in [0.3, 0.4) is 0 Å². The van der Waals surface area contributed by atoms with Gasteiger partial charge in [0.15, 0.2) is 0 Å². The van der Waals surface area contributed by atoms with Gasteiger partial charge in [0.2, 0.25) is 0 Å². The first kappa shape index (κ1) is 14.8. The lowest BCUT2D eigenvalue weighted by Gasteiger charge is -2.27. The summed E-state index contributed by atoms with van der Waals surface area (Å²) in [4.78, 5) is 11.5. The van der Waals surface area contributed by atoms with Crippen molar-refractivity contribution in [2.75, 3.05) is 13.1 Å². The molecule has 25 heavy (non-hydrogen) atoms. The van der Waals surface area contributed by atoms with Crippen LogP contribution in [0.15, 0.2) is 61.1 Å². The van der Waals surface area contributed by atoms with Gasteiger partial charge in [-0.15, -0.1) is 0 Å². The molecule has 4 nitrogen and oxygen atoms in total. The van der Waals surface area contributed by atoms with Gasteiger partial charge in [0.05, 0.1) is 11.9 Å². The van der Waals surface area contributed by atoms with Crippen LogP contribution in [0, 0.1) is 11.8 Å². The van der Waals surface area contributed by atoms with Crippen LogP contribution < -0.4 is 0 Å². The molecule has 1 saturated heterocycles. The van der Waals surface area contributed by atoms with E-state index in [2.05, 4.69) is 63.1 Å². The molecule has 0 bridgehead atoms. The Morgan fingerprint density at radius 3 is 2.56 bits per heavy atom. The molecule has 2 atom stereocenters. The highest BCUT2D eigenvalue weighted by atomic mass is 15.2. The van der Waals surface area contributed by atoms with Crippen molar-refractivity contribution in [3.8, 4) is 11.3 Å². The summed E-state index contributed by atoms with van der Waals surface area (Å²) < 4.78 is 2.45. The number of benzene rings is 1. The van der Waals surface area contributed by atoms with Gasteiger partial charge in [-0.2, -0.15) is 0 Å². The fourth-order valence-electron chi connectivity index (χ4n) is 4.44. The second-order valence-corrected chi connectivity index (χ2v) is 7.31. The fraction of sp³-hybridized carbons (Fsp3) is 0.333. The Bertz CT molecular complexity index is 856. The number of imidazole rings is 1. The lowest BCUT2D eigenvalue weighted by Crippen LogP contribution is -2.28. The molecule has 0 radical (unpaired) electrons. The maximum absolute atomic E-state index is 4.74. The first-order chi connectivity index (χ1) is 12.4. The number of rotatable bonds is 3. The van der Waals surface area contributed by atoms with Gasteiger partial charge in [0, 0.05) is 45.0 Å². The largest absolute Gasteiger partial charge is 0.328 e. The second-order valence-electron chi connectivity index (χ2n) is 7.31. The fourth-order valence-corrected chi connectivity index (χ4v) is 4.44. The highest BCUT2D eigenvalue weighted by Gasteiger charge is 2.37. The third-order valence-corrected chi connectivity index (χ3v) is 5.68. The van der Waals surface area contributed by atoms with E-state index in [0.29, 0.717) is 0 Å². The Labute approximate surface area is 148 Å². The Kier molecular flexibility index (Phi) is 3.63. The minimum absolute atomic E-state index is 0.728. The standard InChI is InChI=1S/C21H22N4/c1-2-4-17(5-3-1)20-11-23-21-10-18-13-24(14-19(18)15-25(20)21)12-16-6-8-22-9-7-16/h1-9,11,18-19H,10,12-15H2/t18-,19-/m1/s1. The van der Waals surface area contributed by atoms with E-state index in [4.69, 9.17) is 4.98 Å². The number of aromatic nitrogens is 3. The van der Waals surface area contributed by atoms with E-state index >= 15 is 0 Å². The monoisotopic (exact) mass is 330 g/mol. The molecule has 2 aliphatic heterocycles. The normalized spacial score (nSPS) is 22.6. The highest BCUT2D eigenvalue weighted by molar-refractivity contribution is 5.59. The molecule has 126 valence electrons. The molecule has 0 aliphatic carbocycles. The van der Waals surface area contributed by atoms with E-state index in [0.717, 1.165) is 31.3 Å². The molecular formula is C21H22N4. The van der Waals surface area contributed by atoms with Crippen molar-refractivity contribution in [1.82, 2.24) is 19.4 Å². The maximum atomic E-state index is 4.74. The van der Waals surface area contributed by atoms with E-state index in [-0.39, 0.29) is 0 Å².